The highest BCUT2D eigenvalue weighted by atomic mass is 16.5. The van der Waals surface area contributed by atoms with Crippen LogP contribution in [0.1, 0.15) is 19.8 Å². The van der Waals surface area contributed by atoms with Gasteiger partial charge < -0.3 is 15.4 Å². The minimum Gasteiger partial charge on any atom is -0.381 e. The molecular weight excluding hydrogens is 204 g/mol. The molecule has 1 saturated heterocycles. The first-order valence-electron chi connectivity index (χ1n) is 5.96. The maximum Gasteiger partial charge on any atom is 0.234 e. The largest absolute Gasteiger partial charge is 0.381 e. The van der Waals surface area contributed by atoms with Crippen LogP contribution in [0.4, 0.5) is 0 Å². The van der Waals surface area contributed by atoms with Gasteiger partial charge in [-0.3, -0.25) is 4.79 Å². The summed E-state index contributed by atoms with van der Waals surface area (Å²) in [5.74, 6) is 0.578. The van der Waals surface area contributed by atoms with E-state index in [2.05, 4.69) is 24.1 Å². The summed E-state index contributed by atoms with van der Waals surface area (Å²) in [6.07, 6.45) is 3.81. The predicted octanol–water partition coefficient (Wildman–Crippen LogP) is 0.693. The Bertz CT molecular complexity index is 225. The Hall–Kier alpha value is -0.870. The number of rotatable bonds is 7. The first-order chi connectivity index (χ1) is 7.77. The van der Waals surface area contributed by atoms with Gasteiger partial charge in [0.2, 0.25) is 5.91 Å². The standard InChI is InChI=1S/C12H22N2O2/c1-3-6-13-12(15)8-14-11(4-2)10-5-7-16-9-10/h3,10-11,14H,1,4-9H2,2H3,(H,13,15). The summed E-state index contributed by atoms with van der Waals surface area (Å²) in [5, 5.41) is 6.05. The SMILES string of the molecule is C=CCNC(=O)CNC(CC)C1CCOC1. The lowest BCUT2D eigenvalue weighted by Crippen LogP contribution is -2.42. The van der Waals surface area contributed by atoms with Gasteiger partial charge in [0.1, 0.15) is 0 Å². The van der Waals surface area contributed by atoms with E-state index in [1.54, 1.807) is 6.08 Å². The average molecular weight is 226 g/mol. The molecule has 2 unspecified atom stereocenters. The molecule has 1 amide bonds. The number of amides is 1. The van der Waals surface area contributed by atoms with E-state index >= 15 is 0 Å². The summed E-state index contributed by atoms with van der Waals surface area (Å²) in [7, 11) is 0. The summed E-state index contributed by atoms with van der Waals surface area (Å²) in [6.45, 7) is 8.27. The van der Waals surface area contributed by atoms with E-state index in [0.717, 1.165) is 26.1 Å². The summed E-state index contributed by atoms with van der Waals surface area (Å²) >= 11 is 0. The van der Waals surface area contributed by atoms with E-state index in [9.17, 15) is 4.79 Å². The van der Waals surface area contributed by atoms with Crippen LogP contribution in [-0.2, 0) is 9.53 Å². The number of carbonyl (C=O) groups excluding carboxylic acids is 1. The van der Waals surface area contributed by atoms with Gasteiger partial charge in [-0.25, -0.2) is 0 Å². The molecule has 1 heterocycles. The van der Waals surface area contributed by atoms with Gasteiger partial charge in [-0.2, -0.15) is 0 Å². The van der Waals surface area contributed by atoms with Crippen molar-refractivity contribution in [3.05, 3.63) is 12.7 Å². The van der Waals surface area contributed by atoms with E-state index in [-0.39, 0.29) is 5.91 Å². The van der Waals surface area contributed by atoms with Crippen molar-refractivity contribution in [1.29, 1.82) is 0 Å². The monoisotopic (exact) mass is 226 g/mol. The van der Waals surface area contributed by atoms with E-state index in [0.29, 0.717) is 25.0 Å². The Morgan fingerprint density at radius 2 is 2.50 bits per heavy atom. The van der Waals surface area contributed by atoms with Crippen LogP contribution in [0, 0.1) is 5.92 Å². The lowest BCUT2D eigenvalue weighted by molar-refractivity contribution is -0.120. The van der Waals surface area contributed by atoms with Crippen LogP contribution in [0.25, 0.3) is 0 Å². The fraction of sp³-hybridized carbons (Fsp3) is 0.750. The van der Waals surface area contributed by atoms with E-state index in [1.165, 1.54) is 0 Å². The zero-order chi connectivity index (χ0) is 11.8. The Labute approximate surface area is 97.4 Å². The molecule has 0 radical (unpaired) electrons. The van der Waals surface area contributed by atoms with Crippen LogP contribution in [-0.4, -0.2) is 38.3 Å². The third-order valence-corrected chi connectivity index (χ3v) is 2.94. The molecule has 1 rings (SSSR count). The molecule has 92 valence electrons. The van der Waals surface area contributed by atoms with Gasteiger partial charge in [-0.15, -0.1) is 6.58 Å². The fourth-order valence-electron chi connectivity index (χ4n) is 1.99. The van der Waals surface area contributed by atoms with Crippen molar-refractivity contribution in [3.8, 4) is 0 Å². The zero-order valence-corrected chi connectivity index (χ0v) is 10.00. The lowest BCUT2D eigenvalue weighted by atomic mass is 9.97. The average Bonchev–Trinajstić information content (AvgIpc) is 2.81. The molecule has 1 fully saturated rings. The van der Waals surface area contributed by atoms with Crippen LogP contribution in [0.5, 0.6) is 0 Å². The second-order valence-electron chi connectivity index (χ2n) is 4.11. The minimum atomic E-state index is 0.0252. The third kappa shape index (κ3) is 4.33. The molecule has 2 atom stereocenters. The fourth-order valence-corrected chi connectivity index (χ4v) is 1.99. The highest BCUT2D eigenvalue weighted by molar-refractivity contribution is 5.78. The summed E-state index contributed by atoms with van der Waals surface area (Å²) in [4.78, 5) is 11.4. The van der Waals surface area contributed by atoms with Gasteiger partial charge in [0.25, 0.3) is 0 Å². The molecule has 0 saturated carbocycles. The molecule has 1 aliphatic rings. The van der Waals surface area contributed by atoms with Crippen molar-refractivity contribution in [2.75, 3.05) is 26.3 Å². The molecule has 0 aromatic carbocycles. The normalized spacial score (nSPS) is 21.7. The van der Waals surface area contributed by atoms with Crippen molar-refractivity contribution < 1.29 is 9.53 Å². The van der Waals surface area contributed by atoms with Gasteiger partial charge in [0, 0.05) is 19.2 Å². The van der Waals surface area contributed by atoms with E-state index < -0.39 is 0 Å². The zero-order valence-electron chi connectivity index (χ0n) is 10.00. The van der Waals surface area contributed by atoms with Crippen LogP contribution in [0.15, 0.2) is 12.7 Å². The van der Waals surface area contributed by atoms with Crippen molar-refractivity contribution >= 4 is 5.91 Å². The van der Waals surface area contributed by atoms with Crippen LogP contribution >= 0.6 is 0 Å². The minimum absolute atomic E-state index is 0.0252. The molecule has 0 aromatic rings. The smallest absolute Gasteiger partial charge is 0.234 e. The van der Waals surface area contributed by atoms with Crippen molar-refractivity contribution in [3.63, 3.8) is 0 Å². The molecule has 1 aliphatic heterocycles. The molecule has 4 heteroatoms. The lowest BCUT2D eigenvalue weighted by Gasteiger charge is -2.21. The van der Waals surface area contributed by atoms with Gasteiger partial charge in [0.05, 0.1) is 13.2 Å². The number of carbonyl (C=O) groups is 1. The maximum absolute atomic E-state index is 11.4. The number of ether oxygens (including phenoxy) is 1. The Balaban J connectivity index is 2.22. The second-order valence-corrected chi connectivity index (χ2v) is 4.11. The molecule has 4 nitrogen and oxygen atoms in total. The van der Waals surface area contributed by atoms with Gasteiger partial charge >= 0.3 is 0 Å². The quantitative estimate of drug-likeness (QED) is 0.628. The molecule has 0 spiro atoms. The molecule has 2 N–H and O–H groups in total. The van der Waals surface area contributed by atoms with Gasteiger partial charge in [-0.1, -0.05) is 13.0 Å². The third-order valence-electron chi connectivity index (χ3n) is 2.94. The van der Waals surface area contributed by atoms with E-state index in [4.69, 9.17) is 4.74 Å². The van der Waals surface area contributed by atoms with Crippen molar-refractivity contribution in [2.45, 2.75) is 25.8 Å². The maximum atomic E-state index is 11.4. The van der Waals surface area contributed by atoms with Gasteiger partial charge in [-0.05, 0) is 18.8 Å². The number of hydrogen-bond donors (Lipinski definition) is 2. The number of nitrogens with one attached hydrogen (secondary N) is 2. The highest BCUT2D eigenvalue weighted by Gasteiger charge is 2.24. The van der Waals surface area contributed by atoms with Crippen LogP contribution in [0.2, 0.25) is 0 Å². The summed E-state index contributed by atoms with van der Waals surface area (Å²) < 4.78 is 5.36. The Kier molecular flexibility index (Phi) is 6.11. The molecule has 16 heavy (non-hydrogen) atoms. The van der Waals surface area contributed by atoms with Crippen LogP contribution < -0.4 is 10.6 Å². The summed E-state index contributed by atoms with van der Waals surface area (Å²) in [6, 6.07) is 0.386. The second kappa shape index (κ2) is 7.41. The number of hydrogen-bond acceptors (Lipinski definition) is 3. The van der Waals surface area contributed by atoms with E-state index in [1.807, 2.05) is 0 Å². The Morgan fingerprint density at radius 3 is 3.06 bits per heavy atom. The molecule has 0 aromatic heterocycles. The summed E-state index contributed by atoms with van der Waals surface area (Å²) in [5.41, 5.74) is 0. The molecular formula is C12H22N2O2. The van der Waals surface area contributed by atoms with Gasteiger partial charge in [0.15, 0.2) is 0 Å². The van der Waals surface area contributed by atoms with Crippen molar-refractivity contribution in [2.24, 2.45) is 5.92 Å². The predicted molar refractivity (Wildman–Crippen MR) is 64.2 cm³/mol. The first kappa shape index (κ1) is 13.2. The highest BCUT2D eigenvalue weighted by Crippen LogP contribution is 2.18. The van der Waals surface area contributed by atoms with Crippen molar-refractivity contribution in [1.82, 2.24) is 10.6 Å². The molecule has 0 aliphatic carbocycles. The van der Waals surface area contributed by atoms with Crippen LogP contribution in [0.3, 0.4) is 0 Å². The Morgan fingerprint density at radius 1 is 1.69 bits per heavy atom. The first-order valence-corrected chi connectivity index (χ1v) is 5.96. The topological polar surface area (TPSA) is 50.4 Å². The molecule has 0 bridgehead atoms.